The number of aryl methyl sites for hydroxylation is 1. The Balaban J connectivity index is 1.91. The van der Waals surface area contributed by atoms with Gasteiger partial charge >= 0.3 is 5.97 Å². The summed E-state index contributed by atoms with van der Waals surface area (Å²) in [6.45, 7) is 2.02. The van der Waals surface area contributed by atoms with Crippen LogP contribution < -0.4 is 5.32 Å². The molecule has 2 aromatic rings. The van der Waals surface area contributed by atoms with Crippen LogP contribution in [0.25, 0.3) is 6.08 Å². The molecular weight excluding hydrogens is 440 g/mol. The predicted molar refractivity (Wildman–Crippen MR) is 113 cm³/mol. The molecule has 1 N–H and O–H groups in total. The molecule has 0 saturated carbocycles. The summed E-state index contributed by atoms with van der Waals surface area (Å²) in [4.78, 5) is 26.3. The number of fused-ring (bicyclic) bond motifs is 1. The summed E-state index contributed by atoms with van der Waals surface area (Å²) in [6.07, 6.45) is 5.29. The second-order valence-corrected chi connectivity index (χ2v) is 8.34. The lowest BCUT2D eigenvalue weighted by Gasteiger charge is -2.12. The third kappa shape index (κ3) is 4.51. The lowest BCUT2D eigenvalue weighted by atomic mass is 9.95. The standard InChI is InChI=1S/C21H19BrN2O3S/c1-2-27-21(26)18-16-8-3-4-9-17(16)28-20(18)24-19(25)14(12-23)10-13-6-5-7-15(22)11-13/h5-7,10-11H,2-4,8-9H2,1H3,(H,24,25)/b14-10+. The van der Waals surface area contributed by atoms with Crippen LogP contribution in [0.1, 0.15) is 46.1 Å². The average Bonchev–Trinajstić information content (AvgIpc) is 3.04. The van der Waals surface area contributed by atoms with Crippen molar-refractivity contribution in [1.82, 2.24) is 0 Å². The average molecular weight is 459 g/mol. The van der Waals surface area contributed by atoms with Crippen LogP contribution in [0.15, 0.2) is 34.3 Å². The number of hydrogen-bond donors (Lipinski definition) is 1. The molecule has 1 aromatic heterocycles. The van der Waals surface area contributed by atoms with E-state index in [1.807, 2.05) is 30.3 Å². The molecule has 0 spiro atoms. The number of hydrogen-bond acceptors (Lipinski definition) is 5. The summed E-state index contributed by atoms with van der Waals surface area (Å²) in [7, 11) is 0. The van der Waals surface area contributed by atoms with Crippen molar-refractivity contribution >= 4 is 50.2 Å². The highest BCUT2D eigenvalue weighted by atomic mass is 79.9. The van der Waals surface area contributed by atoms with Crippen molar-refractivity contribution in [2.45, 2.75) is 32.6 Å². The molecule has 144 valence electrons. The largest absolute Gasteiger partial charge is 0.462 e. The highest BCUT2D eigenvalue weighted by Gasteiger charge is 2.27. The Kier molecular flexibility index (Phi) is 6.65. The molecule has 28 heavy (non-hydrogen) atoms. The number of carbonyl (C=O) groups is 2. The zero-order valence-corrected chi connectivity index (χ0v) is 17.8. The van der Waals surface area contributed by atoms with Gasteiger partial charge in [0.25, 0.3) is 5.91 Å². The fraction of sp³-hybridized carbons (Fsp3) is 0.286. The first-order chi connectivity index (χ1) is 13.5. The van der Waals surface area contributed by atoms with E-state index in [9.17, 15) is 14.9 Å². The quantitative estimate of drug-likeness (QED) is 0.383. The van der Waals surface area contributed by atoms with Crippen molar-refractivity contribution in [1.29, 1.82) is 5.26 Å². The molecule has 0 aliphatic heterocycles. The molecule has 5 nitrogen and oxygen atoms in total. The number of anilines is 1. The van der Waals surface area contributed by atoms with E-state index in [2.05, 4.69) is 21.2 Å². The number of nitrogens with zero attached hydrogens (tertiary/aromatic N) is 1. The van der Waals surface area contributed by atoms with Crippen LogP contribution in [0.4, 0.5) is 5.00 Å². The number of ether oxygens (including phenoxy) is 1. The van der Waals surface area contributed by atoms with Crippen molar-refractivity contribution in [3.05, 3.63) is 55.9 Å². The smallest absolute Gasteiger partial charge is 0.341 e. The van der Waals surface area contributed by atoms with E-state index >= 15 is 0 Å². The first-order valence-electron chi connectivity index (χ1n) is 9.03. The summed E-state index contributed by atoms with van der Waals surface area (Å²) in [5.41, 5.74) is 2.12. The minimum atomic E-state index is -0.536. The second-order valence-electron chi connectivity index (χ2n) is 6.31. The Morgan fingerprint density at radius 1 is 1.36 bits per heavy atom. The van der Waals surface area contributed by atoms with Gasteiger partial charge in [-0.25, -0.2) is 4.79 Å². The van der Waals surface area contributed by atoms with Crippen LogP contribution in [-0.4, -0.2) is 18.5 Å². The molecule has 0 fully saturated rings. The molecule has 0 bridgehead atoms. The van der Waals surface area contributed by atoms with Gasteiger partial charge in [-0.2, -0.15) is 5.26 Å². The van der Waals surface area contributed by atoms with Gasteiger partial charge in [0.15, 0.2) is 0 Å². The van der Waals surface area contributed by atoms with Crippen molar-refractivity contribution in [3.63, 3.8) is 0 Å². The maximum atomic E-state index is 12.7. The fourth-order valence-electron chi connectivity index (χ4n) is 3.16. The fourth-order valence-corrected chi connectivity index (χ4v) is 4.84. The zero-order valence-electron chi connectivity index (χ0n) is 15.4. The first kappa shape index (κ1) is 20.3. The molecule has 0 saturated heterocycles. The molecule has 0 unspecified atom stereocenters. The molecule has 1 aromatic carbocycles. The van der Waals surface area contributed by atoms with E-state index in [-0.39, 0.29) is 12.2 Å². The van der Waals surface area contributed by atoms with Gasteiger partial charge in [-0.15, -0.1) is 11.3 Å². The molecule has 1 aliphatic rings. The van der Waals surface area contributed by atoms with Gasteiger partial charge in [-0.1, -0.05) is 28.1 Å². The van der Waals surface area contributed by atoms with Crippen LogP contribution >= 0.6 is 27.3 Å². The second kappa shape index (κ2) is 9.18. The van der Waals surface area contributed by atoms with Gasteiger partial charge in [-0.3, -0.25) is 4.79 Å². The summed E-state index contributed by atoms with van der Waals surface area (Å²) in [5.74, 6) is -0.960. The Hall–Kier alpha value is -2.43. The van der Waals surface area contributed by atoms with Gasteiger partial charge < -0.3 is 10.1 Å². The number of halogens is 1. The molecule has 7 heteroatoms. The number of amides is 1. The Labute approximate surface area is 176 Å². The summed E-state index contributed by atoms with van der Waals surface area (Å²) < 4.78 is 6.06. The normalized spacial score (nSPS) is 13.4. The summed E-state index contributed by atoms with van der Waals surface area (Å²) >= 11 is 4.78. The highest BCUT2D eigenvalue weighted by Crippen LogP contribution is 2.38. The Morgan fingerprint density at radius 3 is 2.86 bits per heavy atom. The van der Waals surface area contributed by atoms with Crippen molar-refractivity contribution in [3.8, 4) is 6.07 Å². The van der Waals surface area contributed by atoms with Crippen molar-refractivity contribution in [2.24, 2.45) is 0 Å². The Morgan fingerprint density at radius 2 is 2.14 bits per heavy atom. The van der Waals surface area contributed by atoms with Crippen LogP contribution in [0.2, 0.25) is 0 Å². The monoisotopic (exact) mass is 458 g/mol. The van der Waals surface area contributed by atoms with E-state index in [1.54, 1.807) is 6.92 Å². The van der Waals surface area contributed by atoms with Crippen LogP contribution in [0.5, 0.6) is 0 Å². The van der Waals surface area contributed by atoms with Crippen molar-refractivity contribution in [2.75, 3.05) is 11.9 Å². The van der Waals surface area contributed by atoms with Gasteiger partial charge in [0.05, 0.1) is 12.2 Å². The molecular formula is C21H19BrN2O3S. The minimum absolute atomic E-state index is 0.0284. The third-order valence-electron chi connectivity index (χ3n) is 4.40. The van der Waals surface area contributed by atoms with E-state index < -0.39 is 11.9 Å². The molecule has 3 rings (SSSR count). The highest BCUT2D eigenvalue weighted by molar-refractivity contribution is 9.10. The number of carbonyl (C=O) groups excluding carboxylic acids is 2. The number of thiophene rings is 1. The van der Waals surface area contributed by atoms with Crippen LogP contribution in [0.3, 0.4) is 0 Å². The van der Waals surface area contributed by atoms with E-state index in [1.165, 1.54) is 17.4 Å². The number of nitriles is 1. The molecule has 0 atom stereocenters. The summed E-state index contributed by atoms with van der Waals surface area (Å²) in [6, 6.07) is 9.27. The molecule has 1 heterocycles. The third-order valence-corrected chi connectivity index (χ3v) is 6.10. The number of esters is 1. The Bertz CT molecular complexity index is 988. The number of rotatable bonds is 5. The van der Waals surface area contributed by atoms with Gasteiger partial charge in [0, 0.05) is 9.35 Å². The topological polar surface area (TPSA) is 79.2 Å². The molecule has 1 amide bonds. The van der Waals surface area contributed by atoms with Gasteiger partial charge in [-0.05, 0) is 61.9 Å². The van der Waals surface area contributed by atoms with Crippen molar-refractivity contribution < 1.29 is 14.3 Å². The predicted octanol–water partition coefficient (Wildman–Crippen LogP) is 5.11. The van der Waals surface area contributed by atoms with Gasteiger partial charge in [0.2, 0.25) is 0 Å². The molecule has 1 aliphatic carbocycles. The lowest BCUT2D eigenvalue weighted by molar-refractivity contribution is -0.112. The number of nitrogens with one attached hydrogen (secondary N) is 1. The molecule has 0 radical (unpaired) electrons. The van der Waals surface area contributed by atoms with Crippen LogP contribution in [-0.2, 0) is 22.4 Å². The zero-order chi connectivity index (χ0) is 20.1. The van der Waals surface area contributed by atoms with E-state index in [0.29, 0.717) is 10.6 Å². The van der Waals surface area contributed by atoms with Crippen LogP contribution in [0, 0.1) is 11.3 Å². The maximum Gasteiger partial charge on any atom is 0.341 e. The SMILES string of the molecule is CCOC(=O)c1c(NC(=O)/C(C#N)=C/c2cccc(Br)c2)sc2c1CCCC2. The van der Waals surface area contributed by atoms with Gasteiger partial charge in [0.1, 0.15) is 16.6 Å². The lowest BCUT2D eigenvalue weighted by Crippen LogP contribution is -2.16. The minimum Gasteiger partial charge on any atom is -0.462 e. The first-order valence-corrected chi connectivity index (χ1v) is 10.6. The maximum absolute atomic E-state index is 12.7. The van der Waals surface area contributed by atoms with E-state index in [0.717, 1.165) is 46.2 Å². The van der Waals surface area contributed by atoms with E-state index in [4.69, 9.17) is 4.74 Å². The number of benzene rings is 1. The summed E-state index contributed by atoms with van der Waals surface area (Å²) in [5, 5.41) is 12.7.